The van der Waals surface area contributed by atoms with E-state index in [1.54, 1.807) is 0 Å². The molecule has 0 aromatic carbocycles. The van der Waals surface area contributed by atoms with Crippen molar-refractivity contribution >= 4 is 5.82 Å². The Bertz CT molecular complexity index is 693. The zero-order valence-corrected chi connectivity index (χ0v) is 13.2. The van der Waals surface area contributed by atoms with Gasteiger partial charge in [-0.1, -0.05) is 12.0 Å². The topological polar surface area (TPSA) is 145 Å². The molecule has 24 heavy (non-hydrogen) atoms. The highest BCUT2D eigenvalue weighted by molar-refractivity contribution is 5.33. The lowest BCUT2D eigenvalue weighted by Gasteiger charge is -2.23. The lowest BCUT2D eigenvalue weighted by Crippen LogP contribution is -2.43. The molecule has 0 radical (unpaired) electrons. The Kier molecular flexibility index (Phi) is 5.40. The van der Waals surface area contributed by atoms with Crippen molar-refractivity contribution in [2.24, 2.45) is 5.11 Å². The SMILES string of the molecule is CCC(C)Nc1ccn([C@@H]2OC(CO)(N=[N+]=[N-])[C@@H](O)[C@@H]2F)c(=O)n1. The number of rotatable bonds is 6. The highest BCUT2D eigenvalue weighted by Crippen LogP contribution is 2.39. The number of hydrogen-bond acceptors (Lipinski definition) is 7. The molecule has 0 spiro atoms. The Morgan fingerprint density at radius 2 is 2.42 bits per heavy atom. The van der Waals surface area contributed by atoms with Crippen LogP contribution in [0.5, 0.6) is 0 Å². The van der Waals surface area contributed by atoms with Gasteiger partial charge < -0.3 is 20.3 Å². The molecule has 1 aromatic rings. The van der Waals surface area contributed by atoms with Gasteiger partial charge in [0, 0.05) is 17.2 Å². The van der Waals surface area contributed by atoms with Crippen molar-refractivity contribution in [3.63, 3.8) is 0 Å². The fraction of sp³-hybridized carbons (Fsp3) is 0.692. The van der Waals surface area contributed by atoms with Crippen LogP contribution in [0.4, 0.5) is 10.2 Å². The van der Waals surface area contributed by atoms with E-state index in [4.69, 9.17) is 10.3 Å². The van der Waals surface area contributed by atoms with Crippen molar-refractivity contribution in [3.8, 4) is 0 Å². The quantitative estimate of drug-likeness (QED) is 0.394. The second-order valence-corrected chi connectivity index (χ2v) is 5.55. The summed E-state index contributed by atoms with van der Waals surface area (Å²) in [4.78, 5) is 18.4. The van der Waals surface area contributed by atoms with Crippen molar-refractivity contribution < 1.29 is 19.3 Å². The Morgan fingerprint density at radius 3 is 2.96 bits per heavy atom. The van der Waals surface area contributed by atoms with E-state index in [9.17, 15) is 19.4 Å². The van der Waals surface area contributed by atoms with Gasteiger partial charge in [0.1, 0.15) is 11.9 Å². The van der Waals surface area contributed by atoms with Crippen LogP contribution in [0, 0.1) is 0 Å². The minimum absolute atomic E-state index is 0.0956. The summed E-state index contributed by atoms with van der Waals surface area (Å²) >= 11 is 0. The van der Waals surface area contributed by atoms with Crippen LogP contribution in [0.3, 0.4) is 0 Å². The Balaban J connectivity index is 2.32. The van der Waals surface area contributed by atoms with Crippen molar-refractivity contribution in [3.05, 3.63) is 33.2 Å². The maximum Gasteiger partial charge on any atom is 0.351 e. The Hall–Kier alpha value is -2.20. The fourth-order valence-corrected chi connectivity index (χ4v) is 2.32. The molecule has 0 amide bonds. The fourth-order valence-electron chi connectivity index (χ4n) is 2.32. The summed E-state index contributed by atoms with van der Waals surface area (Å²) in [6.07, 6.45) is -3.51. The number of alkyl halides is 1. The van der Waals surface area contributed by atoms with Crippen molar-refractivity contribution in [1.82, 2.24) is 9.55 Å². The molecular formula is C13H19FN6O4. The average molecular weight is 342 g/mol. The molecule has 1 aromatic heterocycles. The largest absolute Gasteiger partial charge is 0.393 e. The predicted molar refractivity (Wildman–Crippen MR) is 81.9 cm³/mol. The second-order valence-electron chi connectivity index (χ2n) is 5.55. The lowest BCUT2D eigenvalue weighted by atomic mass is 10.1. The van der Waals surface area contributed by atoms with Gasteiger partial charge in [0.25, 0.3) is 0 Å². The minimum Gasteiger partial charge on any atom is -0.393 e. The number of azide groups is 1. The first-order chi connectivity index (χ1) is 11.4. The maximum absolute atomic E-state index is 14.3. The van der Waals surface area contributed by atoms with Crippen molar-refractivity contribution in [1.29, 1.82) is 0 Å². The van der Waals surface area contributed by atoms with Crippen molar-refractivity contribution in [2.45, 2.75) is 50.5 Å². The molecule has 10 nitrogen and oxygen atoms in total. The lowest BCUT2D eigenvalue weighted by molar-refractivity contribution is -0.124. The first-order valence-corrected chi connectivity index (χ1v) is 7.41. The Labute approximate surface area is 136 Å². The molecule has 2 rings (SSSR count). The molecule has 2 unspecified atom stereocenters. The van der Waals surface area contributed by atoms with Gasteiger partial charge in [0.15, 0.2) is 12.4 Å². The van der Waals surface area contributed by atoms with Crippen LogP contribution in [0.2, 0.25) is 0 Å². The summed E-state index contributed by atoms with van der Waals surface area (Å²) in [5.74, 6) is 0.322. The molecule has 132 valence electrons. The monoisotopic (exact) mass is 342 g/mol. The molecule has 11 heteroatoms. The van der Waals surface area contributed by atoms with Crippen molar-refractivity contribution in [2.75, 3.05) is 11.9 Å². The van der Waals surface area contributed by atoms with E-state index in [1.807, 2.05) is 13.8 Å². The molecule has 1 aliphatic heterocycles. The summed E-state index contributed by atoms with van der Waals surface area (Å²) in [5.41, 5.74) is 5.53. The Morgan fingerprint density at radius 1 is 1.71 bits per heavy atom. The third-order valence-electron chi connectivity index (χ3n) is 3.91. The highest BCUT2D eigenvalue weighted by Gasteiger charge is 2.56. The summed E-state index contributed by atoms with van der Waals surface area (Å²) in [6.45, 7) is 2.94. The number of aliphatic hydroxyl groups is 2. The van der Waals surface area contributed by atoms with E-state index >= 15 is 0 Å². The van der Waals surface area contributed by atoms with Crippen LogP contribution in [0.15, 0.2) is 22.2 Å². The van der Waals surface area contributed by atoms with Gasteiger partial charge in [-0.15, -0.1) is 0 Å². The highest BCUT2D eigenvalue weighted by atomic mass is 19.1. The number of aliphatic hydroxyl groups excluding tert-OH is 2. The normalized spacial score (nSPS) is 30.6. The van der Waals surface area contributed by atoms with Crippen LogP contribution in [-0.2, 0) is 4.74 Å². The molecule has 1 fully saturated rings. The molecule has 1 aliphatic rings. The molecule has 0 bridgehead atoms. The smallest absolute Gasteiger partial charge is 0.351 e. The number of halogens is 1. The number of aromatic nitrogens is 2. The molecule has 5 atom stereocenters. The van der Waals surface area contributed by atoms with Gasteiger partial charge in [-0.3, -0.25) is 4.57 Å². The van der Waals surface area contributed by atoms with Crippen LogP contribution < -0.4 is 11.0 Å². The molecule has 2 heterocycles. The zero-order chi connectivity index (χ0) is 17.9. The second kappa shape index (κ2) is 7.14. The first kappa shape index (κ1) is 18.1. The maximum atomic E-state index is 14.3. The van der Waals surface area contributed by atoms with E-state index in [-0.39, 0.29) is 6.04 Å². The van der Waals surface area contributed by atoms with Gasteiger partial charge in [-0.2, -0.15) is 4.98 Å². The standard InChI is InChI=1S/C13H19FN6O4/c1-3-7(2)16-8-4-5-20(12(23)17-8)11-9(14)10(22)13(6-21,24-11)18-19-15/h4-5,7,9-11,21-22H,3,6H2,1-2H3,(H,16,17,23)/t7?,9-,10-,11+,13?/m0/s1. The van der Waals surface area contributed by atoms with E-state index in [0.29, 0.717) is 5.82 Å². The molecule has 0 saturated carbocycles. The van der Waals surface area contributed by atoms with Gasteiger partial charge in [-0.05, 0) is 24.9 Å². The van der Waals surface area contributed by atoms with E-state index < -0.39 is 36.5 Å². The number of ether oxygens (including phenoxy) is 1. The number of nitrogens with zero attached hydrogens (tertiary/aromatic N) is 5. The van der Waals surface area contributed by atoms with Gasteiger partial charge in [-0.25, -0.2) is 9.18 Å². The molecular weight excluding hydrogens is 323 g/mol. The van der Waals surface area contributed by atoms with Gasteiger partial charge in [0.05, 0.1) is 6.61 Å². The summed E-state index contributed by atoms with van der Waals surface area (Å²) in [7, 11) is 0. The van der Waals surface area contributed by atoms with Crippen LogP contribution >= 0.6 is 0 Å². The zero-order valence-electron chi connectivity index (χ0n) is 13.2. The summed E-state index contributed by atoms with van der Waals surface area (Å²) in [6, 6.07) is 1.56. The van der Waals surface area contributed by atoms with E-state index in [0.717, 1.165) is 11.0 Å². The van der Waals surface area contributed by atoms with Crippen LogP contribution in [-0.4, -0.2) is 50.4 Å². The molecule has 3 N–H and O–H groups in total. The van der Waals surface area contributed by atoms with Crippen LogP contribution in [0.1, 0.15) is 26.5 Å². The number of anilines is 1. The van der Waals surface area contributed by atoms with Crippen LogP contribution in [0.25, 0.3) is 10.4 Å². The summed E-state index contributed by atoms with van der Waals surface area (Å²) < 4.78 is 20.4. The molecule has 0 aliphatic carbocycles. The number of nitrogens with one attached hydrogen (secondary N) is 1. The molecule has 1 saturated heterocycles. The van der Waals surface area contributed by atoms with E-state index in [1.165, 1.54) is 12.3 Å². The van der Waals surface area contributed by atoms with Gasteiger partial charge in [0.2, 0.25) is 5.72 Å². The minimum atomic E-state index is -2.19. The summed E-state index contributed by atoms with van der Waals surface area (Å²) in [5, 5.41) is 25.4. The average Bonchev–Trinajstić information content (AvgIpc) is 2.81. The first-order valence-electron chi connectivity index (χ1n) is 7.41. The van der Waals surface area contributed by atoms with Gasteiger partial charge >= 0.3 is 5.69 Å². The third kappa shape index (κ3) is 3.20. The number of hydrogen-bond donors (Lipinski definition) is 3. The third-order valence-corrected chi connectivity index (χ3v) is 3.91. The predicted octanol–water partition coefficient (Wildman–Crippen LogP) is 0.680. The van der Waals surface area contributed by atoms with E-state index in [2.05, 4.69) is 20.3 Å².